The van der Waals surface area contributed by atoms with Crippen molar-refractivity contribution < 1.29 is 13.6 Å². The number of anilines is 2. The monoisotopic (exact) mass is 451 g/mol. The minimum atomic E-state index is -0.481. The molecule has 1 saturated carbocycles. The van der Waals surface area contributed by atoms with E-state index in [9.17, 15) is 13.6 Å². The highest BCUT2D eigenvalue weighted by Crippen LogP contribution is 2.34. The van der Waals surface area contributed by atoms with Gasteiger partial charge in [0.1, 0.15) is 29.0 Å². The molecule has 0 unspecified atom stereocenters. The minimum Gasteiger partial charge on any atom is -0.340 e. The SMILES string of the molecule is N[C@@H](CC1CCC1)C(=O)N1CCn2c(nc(-c3ccc(F)cc3)c2Nc2ccc(F)cc2)C1. The van der Waals surface area contributed by atoms with Gasteiger partial charge >= 0.3 is 0 Å². The molecule has 2 aromatic carbocycles. The minimum absolute atomic E-state index is 0.0347. The Morgan fingerprint density at radius 1 is 1.06 bits per heavy atom. The van der Waals surface area contributed by atoms with Crippen LogP contribution in [0.4, 0.5) is 20.3 Å². The molecule has 3 aromatic rings. The molecule has 0 spiro atoms. The number of aromatic nitrogens is 2. The van der Waals surface area contributed by atoms with Crippen LogP contribution in [0.5, 0.6) is 0 Å². The van der Waals surface area contributed by atoms with Crippen molar-refractivity contribution in [3.63, 3.8) is 0 Å². The number of carbonyl (C=O) groups excluding carboxylic acids is 1. The van der Waals surface area contributed by atoms with Gasteiger partial charge in [0, 0.05) is 24.3 Å². The van der Waals surface area contributed by atoms with Gasteiger partial charge in [-0.2, -0.15) is 0 Å². The number of nitrogens with two attached hydrogens (primary N) is 1. The largest absolute Gasteiger partial charge is 0.340 e. The molecule has 1 amide bonds. The summed E-state index contributed by atoms with van der Waals surface area (Å²) in [5, 5.41) is 3.34. The van der Waals surface area contributed by atoms with Gasteiger partial charge in [-0.05, 0) is 60.9 Å². The summed E-state index contributed by atoms with van der Waals surface area (Å²) in [6, 6.07) is 11.7. The van der Waals surface area contributed by atoms with Crippen LogP contribution in [0.25, 0.3) is 11.3 Å². The Hall–Kier alpha value is -3.26. The van der Waals surface area contributed by atoms with E-state index >= 15 is 0 Å². The van der Waals surface area contributed by atoms with E-state index in [1.54, 1.807) is 29.2 Å². The van der Waals surface area contributed by atoms with E-state index < -0.39 is 6.04 Å². The molecule has 1 aromatic heterocycles. The summed E-state index contributed by atoms with van der Waals surface area (Å²) >= 11 is 0. The number of imidazole rings is 1. The van der Waals surface area contributed by atoms with Crippen LogP contribution >= 0.6 is 0 Å². The van der Waals surface area contributed by atoms with Crippen LogP contribution in [0, 0.1) is 17.6 Å². The molecule has 3 N–H and O–H groups in total. The Bertz CT molecular complexity index is 1140. The molecular weight excluding hydrogens is 424 g/mol. The molecule has 1 aliphatic heterocycles. The van der Waals surface area contributed by atoms with Gasteiger partial charge in [0.25, 0.3) is 0 Å². The first kappa shape index (κ1) is 21.6. The van der Waals surface area contributed by atoms with Crippen molar-refractivity contribution >= 4 is 17.4 Å². The molecule has 2 heterocycles. The molecule has 0 radical (unpaired) electrons. The number of nitrogens with one attached hydrogen (secondary N) is 1. The topological polar surface area (TPSA) is 76.2 Å². The Morgan fingerprint density at radius 2 is 1.73 bits per heavy atom. The molecule has 172 valence electrons. The van der Waals surface area contributed by atoms with Crippen molar-refractivity contribution in [2.24, 2.45) is 11.7 Å². The molecule has 1 fully saturated rings. The molecule has 6 nitrogen and oxygen atoms in total. The lowest BCUT2D eigenvalue weighted by molar-refractivity contribution is -0.134. The number of carbonyl (C=O) groups is 1. The summed E-state index contributed by atoms with van der Waals surface area (Å²) in [4.78, 5) is 19.6. The van der Waals surface area contributed by atoms with Crippen molar-refractivity contribution in [2.75, 3.05) is 11.9 Å². The smallest absolute Gasteiger partial charge is 0.239 e. The third-order valence-electron chi connectivity index (χ3n) is 6.64. The van der Waals surface area contributed by atoms with Crippen molar-refractivity contribution in [2.45, 2.75) is 44.8 Å². The number of rotatable bonds is 6. The second kappa shape index (κ2) is 8.94. The van der Waals surface area contributed by atoms with Crippen molar-refractivity contribution in [3.8, 4) is 11.3 Å². The Morgan fingerprint density at radius 3 is 2.36 bits per heavy atom. The van der Waals surface area contributed by atoms with E-state index in [0.717, 1.165) is 36.5 Å². The zero-order valence-electron chi connectivity index (χ0n) is 18.3. The first-order chi connectivity index (χ1) is 16.0. The van der Waals surface area contributed by atoms with E-state index in [1.165, 1.54) is 30.7 Å². The number of hydrogen-bond acceptors (Lipinski definition) is 4. The third kappa shape index (κ3) is 4.48. The second-order valence-corrected chi connectivity index (χ2v) is 8.91. The van der Waals surface area contributed by atoms with Gasteiger partial charge in [0.05, 0.1) is 12.6 Å². The van der Waals surface area contributed by atoms with Gasteiger partial charge in [-0.1, -0.05) is 19.3 Å². The van der Waals surface area contributed by atoms with E-state index in [-0.39, 0.29) is 17.5 Å². The Balaban J connectivity index is 1.43. The highest BCUT2D eigenvalue weighted by Gasteiger charge is 2.31. The molecule has 5 rings (SSSR count). The zero-order chi connectivity index (χ0) is 22.9. The van der Waals surface area contributed by atoms with Crippen LogP contribution in [0.3, 0.4) is 0 Å². The van der Waals surface area contributed by atoms with E-state index in [4.69, 9.17) is 10.7 Å². The van der Waals surface area contributed by atoms with Crippen LogP contribution in [-0.2, 0) is 17.9 Å². The lowest BCUT2D eigenvalue weighted by Crippen LogP contribution is -2.48. The predicted molar refractivity (Wildman–Crippen MR) is 123 cm³/mol. The number of nitrogens with zero attached hydrogens (tertiary/aromatic N) is 3. The maximum Gasteiger partial charge on any atom is 0.239 e. The van der Waals surface area contributed by atoms with Crippen molar-refractivity contribution in [1.29, 1.82) is 0 Å². The van der Waals surface area contributed by atoms with Crippen LogP contribution in [0.1, 0.15) is 31.5 Å². The third-order valence-corrected chi connectivity index (χ3v) is 6.64. The predicted octanol–water partition coefficient (Wildman–Crippen LogP) is 4.43. The normalized spacial score (nSPS) is 16.8. The van der Waals surface area contributed by atoms with Crippen molar-refractivity contribution in [1.82, 2.24) is 14.5 Å². The fourth-order valence-corrected chi connectivity index (χ4v) is 4.55. The summed E-state index contributed by atoms with van der Waals surface area (Å²) in [7, 11) is 0. The van der Waals surface area contributed by atoms with Gasteiger partial charge in [-0.15, -0.1) is 0 Å². The van der Waals surface area contributed by atoms with E-state index in [0.29, 0.717) is 36.9 Å². The Kier molecular flexibility index (Phi) is 5.85. The summed E-state index contributed by atoms with van der Waals surface area (Å²) in [6.45, 7) is 1.44. The fourth-order valence-electron chi connectivity index (χ4n) is 4.55. The quantitative estimate of drug-likeness (QED) is 0.581. The maximum atomic E-state index is 13.5. The van der Waals surface area contributed by atoms with E-state index in [2.05, 4.69) is 5.32 Å². The average Bonchev–Trinajstić information content (AvgIpc) is 3.15. The first-order valence-corrected chi connectivity index (χ1v) is 11.4. The zero-order valence-corrected chi connectivity index (χ0v) is 18.3. The number of halogens is 2. The highest BCUT2D eigenvalue weighted by molar-refractivity contribution is 5.82. The molecular formula is C25H27F2N5O. The standard InChI is InChI=1S/C25H27F2N5O/c26-18-6-4-17(5-7-18)23-24(29-20-10-8-19(27)9-11-20)32-13-12-31(15-22(32)30-23)25(33)21(28)14-16-2-1-3-16/h4-11,16,21,29H,1-3,12-15,28H2/t21-/m0/s1. The summed E-state index contributed by atoms with van der Waals surface area (Å²) in [6.07, 6.45) is 4.28. The number of benzene rings is 2. The van der Waals surface area contributed by atoms with Gasteiger partial charge in [0.15, 0.2) is 0 Å². The summed E-state index contributed by atoms with van der Waals surface area (Å²) < 4.78 is 28.9. The fraction of sp³-hybridized carbons (Fsp3) is 0.360. The molecule has 33 heavy (non-hydrogen) atoms. The van der Waals surface area contributed by atoms with Crippen LogP contribution < -0.4 is 11.1 Å². The number of fused-ring (bicyclic) bond motifs is 1. The number of hydrogen-bond donors (Lipinski definition) is 2. The van der Waals surface area contributed by atoms with Crippen LogP contribution in [-0.4, -0.2) is 32.9 Å². The average molecular weight is 452 g/mol. The first-order valence-electron chi connectivity index (χ1n) is 11.4. The van der Waals surface area contributed by atoms with Gasteiger partial charge in [0.2, 0.25) is 5.91 Å². The molecule has 0 saturated heterocycles. The van der Waals surface area contributed by atoms with Gasteiger partial charge < -0.3 is 20.5 Å². The molecule has 8 heteroatoms. The molecule has 0 bridgehead atoms. The van der Waals surface area contributed by atoms with Crippen LogP contribution in [0.15, 0.2) is 48.5 Å². The Labute approximate surface area is 191 Å². The van der Waals surface area contributed by atoms with Gasteiger partial charge in [-0.3, -0.25) is 4.79 Å². The van der Waals surface area contributed by atoms with Crippen molar-refractivity contribution in [3.05, 3.63) is 66.0 Å². The van der Waals surface area contributed by atoms with Crippen LogP contribution in [0.2, 0.25) is 0 Å². The second-order valence-electron chi connectivity index (χ2n) is 8.91. The van der Waals surface area contributed by atoms with Gasteiger partial charge in [-0.25, -0.2) is 13.8 Å². The lowest BCUT2D eigenvalue weighted by atomic mass is 9.81. The highest BCUT2D eigenvalue weighted by atomic mass is 19.1. The lowest BCUT2D eigenvalue weighted by Gasteiger charge is -2.33. The molecule has 1 atom stereocenters. The molecule has 1 aliphatic carbocycles. The number of amides is 1. The van der Waals surface area contributed by atoms with E-state index in [1.807, 2.05) is 4.57 Å². The summed E-state index contributed by atoms with van der Waals surface area (Å²) in [5.41, 5.74) is 8.36. The summed E-state index contributed by atoms with van der Waals surface area (Å²) in [5.74, 6) is 1.35. The molecule has 2 aliphatic rings. The maximum absolute atomic E-state index is 13.5.